The second-order valence-electron chi connectivity index (χ2n) is 5.56. The zero-order valence-electron chi connectivity index (χ0n) is 12.6. The number of halogens is 1. The van der Waals surface area contributed by atoms with Crippen molar-refractivity contribution in [2.45, 2.75) is 13.0 Å². The van der Waals surface area contributed by atoms with Crippen LogP contribution in [-0.4, -0.2) is 52.6 Å². The van der Waals surface area contributed by atoms with Crippen LogP contribution in [0.4, 0.5) is 5.82 Å². The number of hydrogen-bond acceptors (Lipinski definition) is 5. The third-order valence-corrected chi connectivity index (χ3v) is 4.40. The first kappa shape index (κ1) is 15.0. The second-order valence-corrected chi connectivity index (χ2v) is 5.94. The van der Waals surface area contributed by atoms with E-state index in [2.05, 4.69) is 38.7 Å². The maximum absolute atomic E-state index is 12.1. The Morgan fingerprint density at radius 1 is 1.32 bits per heavy atom. The monoisotopic (exact) mass is 319 g/mol. The number of aromatic amines is 1. The zero-order chi connectivity index (χ0) is 15.7. The van der Waals surface area contributed by atoms with Gasteiger partial charge in [-0.25, -0.2) is 4.98 Å². The highest BCUT2D eigenvalue weighted by Gasteiger charge is 2.24. The Balaban J connectivity index is 2.01. The highest BCUT2D eigenvalue weighted by molar-refractivity contribution is 6.32. The number of aromatic nitrogens is 3. The van der Waals surface area contributed by atoms with Gasteiger partial charge < -0.3 is 14.8 Å². The van der Waals surface area contributed by atoms with Gasteiger partial charge in [0.15, 0.2) is 5.82 Å². The van der Waals surface area contributed by atoms with Crippen LogP contribution in [0.5, 0.6) is 0 Å². The molecule has 1 aliphatic rings. The summed E-state index contributed by atoms with van der Waals surface area (Å²) in [4.78, 5) is 27.8. The van der Waals surface area contributed by atoms with Gasteiger partial charge in [0.05, 0.1) is 0 Å². The molecule has 0 radical (unpaired) electrons. The van der Waals surface area contributed by atoms with Crippen LogP contribution in [0.2, 0.25) is 5.02 Å². The van der Waals surface area contributed by atoms with Crippen LogP contribution in [0.15, 0.2) is 29.3 Å². The predicted molar refractivity (Wildman–Crippen MR) is 87.4 cm³/mol. The lowest BCUT2D eigenvalue weighted by molar-refractivity contribution is 0.233. The van der Waals surface area contributed by atoms with Gasteiger partial charge in [0.25, 0.3) is 5.56 Å². The van der Waals surface area contributed by atoms with E-state index in [0.717, 1.165) is 25.2 Å². The van der Waals surface area contributed by atoms with Gasteiger partial charge in [0.2, 0.25) is 0 Å². The molecule has 2 aromatic heterocycles. The van der Waals surface area contributed by atoms with Gasteiger partial charge in [-0.05, 0) is 26.1 Å². The lowest BCUT2D eigenvalue weighted by Crippen LogP contribution is -2.50. The van der Waals surface area contributed by atoms with Crippen molar-refractivity contribution in [1.29, 1.82) is 0 Å². The number of pyridine rings is 1. The predicted octanol–water partition coefficient (Wildman–Crippen LogP) is 1.63. The first-order chi connectivity index (χ1) is 10.6. The van der Waals surface area contributed by atoms with E-state index in [1.165, 1.54) is 0 Å². The smallest absolute Gasteiger partial charge is 0.272 e. The molecule has 2 aromatic rings. The molecule has 1 saturated heterocycles. The number of likely N-dealkylation sites (N-methyl/N-ethyl adjacent to an activating group) is 1. The molecular weight excluding hydrogens is 302 g/mol. The van der Waals surface area contributed by atoms with Crippen LogP contribution in [0.1, 0.15) is 6.92 Å². The minimum absolute atomic E-state index is 0.148. The van der Waals surface area contributed by atoms with E-state index in [1.54, 1.807) is 12.4 Å². The Kier molecular flexibility index (Phi) is 4.13. The van der Waals surface area contributed by atoms with Gasteiger partial charge in [0, 0.05) is 43.6 Å². The van der Waals surface area contributed by atoms with E-state index in [0.29, 0.717) is 17.7 Å². The largest absolute Gasteiger partial charge is 0.352 e. The highest BCUT2D eigenvalue weighted by Crippen LogP contribution is 2.24. The van der Waals surface area contributed by atoms with Crippen LogP contribution in [0, 0.1) is 0 Å². The molecular formula is C15H18ClN5O. The van der Waals surface area contributed by atoms with Crippen molar-refractivity contribution in [3.63, 3.8) is 0 Å². The van der Waals surface area contributed by atoms with Gasteiger partial charge >= 0.3 is 0 Å². The lowest BCUT2D eigenvalue weighted by atomic mass is 10.2. The molecule has 0 spiro atoms. The van der Waals surface area contributed by atoms with Crippen molar-refractivity contribution in [3.05, 3.63) is 39.9 Å². The molecule has 3 rings (SSSR count). The summed E-state index contributed by atoms with van der Waals surface area (Å²) in [6.45, 7) is 4.66. The summed E-state index contributed by atoms with van der Waals surface area (Å²) in [6, 6.07) is 4.00. The van der Waals surface area contributed by atoms with E-state index in [-0.39, 0.29) is 10.6 Å². The topological polar surface area (TPSA) is 65.1 Å². The standard InChI is InChI=1S/C15H18ClN5O/c1-10-9-21(8-7-20(10)2)14-12(16)15(22)19-13(18-14)11-3-5-17-6-4-11/h3-6,10H,7-9H2,1-2H3,(H,18,19,22). The molecule has 1 unspecified atom stereocenters. The quantitative estimate of drug-likeness (QED) is 0.911. The van der Waals surface area contributed by atoms with Crippen LogP contribution >= 0.6 is 11.6 Å². The molecule has 6 nitrogen and oxygen atoms in total. The van der Waals surface area contributed by atoms with E-state index >= 15 is 0 Å². The summed E-state index contributed by atoms with van der Waals surface area (Å²) in [7, 11) is 2.09. The molecule has 1 atom stereocenters. The third-order valence-electron chi connectivity index (χ3n) is 4.06. The Labute approximate surface area is 133 Å². The fourth-order valence-electron chi connectivity index (χ4n) is 2.54. The molecule has 1 fully saturated rings. The summed E-state index contributed by atoms with van der Waals surface area (Å²) in [5.41, 5.74) is 0.497. The number of nitrogens with one attached hydrogen (secondary N) is 1. The molecule has 1 N–H and O–H groups in total. The van der Waals surface area contributed by atoms with E-state index in [9.17, 15) is 4.79 Å². The van der Waals surface area contributed by atoms with Crippen molar-refractivity contribution in [2.24, 2.45) is 0 Å². The number of hydrogen-bond donors (Lipinski definition) is 1. The molecule has 0 saturated carbocycles. The molecule has 0 aliphatic carbocycles. The van der Waals surface area contributed by atoms with Crippen LogP contribution in [0.3, 0.4) is 0 Å². The molecule has 0 bridgehead atoms. The SMILES string of the molecule is CC1CN(c2nc(-c3ccncc3)[nH]c(=O)c2Cl)CCN1C. The number of nitrogens with zero attached hydrogens (tertiary/aromatic N) is 4. The Morgan fingerprint density at radius 2 is 2.05 bits per heavy atom. The van der Waals surface area contributed by atoms with Crippen LogP contribution in [0.25, 0.3) is 11.4 Å². The Hall–Kier alpha value is -1.92. The number of H-pyrrole nitrogens is 1. The van der Waals surface area contributed by atoms with Crippen molar-refractivity contribution in [2.75, 3.05) is 31.6 Å². The summed E-state index contributed by atoms with van der Waals surface area (Å²) >= 11 is 6.20. The fraction of sp³-hybridized carbons (Fsp3) is 0.400. The maximum atomic E-state index is 12.1. The number of anilines is 1. The molecule has 3 heterocycles. The minimum atomic E-state index is -0.315. The molecule has 0 amide bonds. The van der Waals surface area contributed by atoms with Gasteiger partial charge in [-0.1, -0.05) is 11.6 Å². The van der Waals surface area contributed by atoms with Crippen molar-refractivity contribution in [3.8, 4) is 11.4 Å². The van der Waals surface area contributed by atoms with Crippen molar-refractivity contribution >= 4 is 17.4 Å². The fourth-order valence-corrected chi connectivity index (χ4v) is 2.75. The normalized spacial score (nSPS) is 19.4. The average Bonchev–Trinajstić information content (AvgIpc) is 2.53. The van der Waals surface area contributed by atoms with Crippen molar-refractivity contribution in [1.82, 2.24) is 19.9 Å². The summed E-state index contributed by atoms with van der Waals surface area (Å²) in [6.07, 6.45) is 3.34. The second kappa shape index (κ2) is 6.06. The van der Waals surface area contributed by atoms with Gasteiger partial charge in [-0.15, -0.1) is 0 Å². The number of rotatable bonds is 2. The first-order valence-electron chi connectivity index (χ1n) is 7.21. The lowest BCUT2D eigenvalue weighted by Gasteiger charge is -2.38. The summed E-state index contributed by atoms with van der Waals surface area (Å²) in [5.74, 6) is 1.07. The van der Waals surface area contributed by atoms with Gasteiger partial charge in [-0.2, -0.15) is 0 Å². The highest BCUT2D eigenvalue weighted by atomic mass is 35.5. The Morgan fingerprint density at radius 3 is 2.73 bits per heavy atom. The molecule has 7 heteroatoms. The van der Waals surface area contributed by atoms with Crippen molar-refractivity contribution < 1.29 is 0 Å². The number of piperazine rings is 1. The third kappa shape index (κ3) is 2.84. The van der Waals surface area contributed by atoms with E-state index in [1.807, 2.05) is 12.1 Å². The van der Waals surface area contributed by atoms with Gasteiger partial charge in [-0.3, -0.25) is 9.78 Å². The van der Waals surface area contributed by atoms with Gasteiger partial charge in [0.1, 0.15) is 10.8 Å². The summed E-state index contributed by atoms with van der Waals surface area (Å²) < 4.78 is 0. The minimum Gasteiger partial charge on any atom is -0.352 e. The Bertz CT molecular complexity index is 718. The molecule has 1 aliphatic heterocycles. The van der Waals surface area contributed by atoms with E-state index in [4.69, 9.17) is 11.6 Å². The van der Waals surface area contributed by atoms with Crippen LogP contribution < -0.4 is 10.5 Å². The maximum Gasteiger partial charge on any atom is 0.272 e. The first-order valence-corrected chi connectivity index (χ1v) is 7.59. The van der Waals surface area contributed by atoms with E-state index < -0.39 is 0 Å². The zero-order valence-corrected chi connectivity index (χ0v) is 13.3. The summed E-state index contributed by atoms with van der Waals surface area (Å²) in [5, 5.41) is 0.148. The molecule has 22 heavy (non-hydrogen) atoms. The molecule has 116 valence electrons. The average molecular weight is 320 g/mol. The van der Waals surface area contributed by atoms with Crippen LogP contribution in [-0.2, 0) is 0 Å². The molecule has 0 aromatic carbocycles.